The first-order valence-corrected chi connectivity index (χ1v) is 7.02. The highest BCUT2D eigenvalue weighted by molar-refractivity contribution is 5.88. The van der Waals surface area contributed by atoms with Crippen LogP contribution in [0.4, 0.5) is 0 Å². The molecule has 3 heterocycles. The van der Waals surface area contributed by atoms with E-state index in [2.05, 4.69) is 41.9 Å². The number of hydrogen-bond donors (Lipinski definition) is 1. The van der Waals surface area contributed by atoms with Crippen molar-refractivity contribution in [3.05, 3.63) is 35.0 Å². The molecular weight excluding hydrogens is 236 g/mol. The Labute approximate surface area is 112 Å². The van der Waals surface area contributed by atoms with Gasteiger partial charge in [0.05, 0.1) is 5.54 Å². The average Bonchev–Trinajstić information content (AvgIpc) is 2.88. The molecule has 0 unspecified atom stereocenters. The molecule has 3 nitrogen and oxygen atoms in total. The van der Waals surface area contributed by atoms with E-state index in [1.54, 1.807) is 0 Å². The minimum atomic E-state index is -0.114. The highest BCUT2D eigenvalue weighted by Gasteiger charge is 2.47. The van der Waals surface area contributed by atoms with Gasteiger partial charge in [0.25, 0.3) is 0 Å². The van der Waals surface area contributed by atoms with Crippen LogP contribution in [0.2, 0.25) is 0 Å². The Hall–Kier alpha value is -1.77. The van der Waals surface area contributed by atoms with Crippen molar-refractivity contribution in [1.29, 1.82) is 0 Å². The van der Waals surface area contributed by atoms with E-state index in [1.165, 1.54) is 27.7 Å². The van der Waals surface area contributed by atoms with Gasteiger partial charge in [-0.3, -0.25) is 4.79 Å². The van der Waals surface area contributed by atoms with Crippen LogP contribution in [0, 0.1) is 6.92 Å². The number of carbonyl (C=O) groups is 1. The summed E-state index contributed by atoms with van der Waals surface area (Å²) in [5.74, 6) is 0.308. The van der Waals surface area contributed by atoms with Crippen LogP contribution in [-0.2, 0) is 16.8 Å². The Bertz CT molecular complexity index is 700. The molecule has 2 aliphatic heterocycles. The van der Waals surface area contributed by atoms with Crippen LogP contribution in [-0.4, -0.2) is 22.3 Å². The molecule has 0 bridgehead atoms. The zero-order valence-electron chi connectivity index (χ0n) is 11.4. The second-order valence-corrected chi connectivity index (χ2v) is 6.10. The van der Waals surface area contributed by atoms with Crippen LogP contribution in [0.25, 0.3) is 10.9 Å². The van der Waals surface area contributed by atoms with Crippen molar-refractivity contribution in [3.63, 3.8) is 0 Å². The van der Waals surface area contributed by atoms with Gasteiger partial charge in [0, 0.05) is 29.6 Å². The Morgan fingerprint density at radius 1 is 1.32 bits per heavy atom. The van der Waals surface area contributed by atoms with Gasteiger partial charge in [-0.2, -0.15) is 0 Å². The summed E-state index contributed by atoms with van der Waals surface area (Å²) in [6, 6.07) is 6.60. The summed E-state index contributed by atoms with van der Waals surface area (Å²) in [6.07, 6.45) is 2.59. The third kappa shape index (κ3) is 1.30. The Kier molecular flexibility index (Phi) is 1.99. The summed E-state index contributed by atoms with van der Waals surface area (Å²) in [6.45, 7) is 5.19. The fourth-order valence-electron chi connectivity index (χ4n) is 3.84. The van der Waals surface area contributed by atoms with E-state index in [1.807, 2.05) is 0 Å². The smallest absolute Gasteiger partial charge is 0.223 e. The average molecular weight is 254 g/mol. The molecule has 1 aromatic carbocycles. The number of aromatic nitrogens is 1. The minimum Gasteiger partial charge on any atom is -0.356 e. The molecule has 0 aliphatic carbocycles. The molecule has 2 aromatic rings. The lowest BCUT2D eigenvalue weighted by atomic mass is 9.86. The van der Waals surface area contributed by atoms with Gasteiger partial charge in [-0.15, -0.1) is 0 Å². The van der Waals surface area contributed by atoms with E-state index in [4.69, 9.17) is 0 Å². The van der Waals surface area contributed by atoms with Crippen molar-refractivity contribution in [2.24, 2.45) is 0 Å². The van der Waals surface area contributed by atoms with E-state index in [0.29, 0.717) is 12.3 Å². The Morgan fingerprint density at radius 3 is 3.00 bits per heavy atom. The lowest BCUT2D eigenvalue weighted by Crippen LogP contribution is -2.46. The SMILES string of the molecule is Cc1ccc2c3c([nH]c2c1)[C@@]1(C)CCC(=O)N1CC3. The third-order valence-electron chi connectivity index (χ3n) is 4.91. The molecule has 2 aliphatic rings. The van der Waals surface area contributed by atoms with Gasteiger partial charge in [0.15, 0.2) is 0 Å². The number of nitrogens with one attached hydrogen (secondary N) is 1. The quantitative estimate of drug-likeness (QED) is 0.771. The van der Waals surface area contributed by atoms with E-state index >= 15 is 0 Å². The van der Waals surface area contributed by atoms with Gasteiger partial charge < -0.3 is 9.88 Å². The fraction of sp³-hybridized carbons (Fsp3) is 0.438. The summed E-state index contributed by atoms with van der Waals surface area (Å²) in [5.41, 5.74) is 5.06. The number of amides is 1. The van der Waals surface area contributed by atoms with Gasteiger partial charge >= 0.3 is 0 Å². The highest BCUT2D eigenvalue weighted by Crippen LogP contribution is 2.45. The van der Waals surface area contributed by atoms with Crippen LogP contribution in [0.1, 0.15) is 36.6 Å². The topological polar surface area (TPSA) is 36.1 Å². The predicted molar refractivity (Wildman–Crippen MR) is 75.0 cm³/mol. The minimum absolute atomic E-state index is 0.114. The maximum Gasteiger partial charge on any atom is 0.223 e. The van der Waals surface area contributed by atoms with Crippen molar-refractivity contribution in [2.75, 3.05) is 6.54 Å². The largest absolute Gasteiger partial charge is 0.356 e. The number of nitrogens with zero attached hydrogens (tertiary/aromatic N) is 1. The second-order valence-electron chi connectivity index (χ2n) is 6.10. The van der Waals surface area contributed by atoms with Gasteiger partial charge in [-0.05, 0) is 43.9 Å². The van der Waals surface area contributed by atoms with Crippen LogP contribution < -0.4 is 0 Å². The molecule has 0 spiro atoms. The molecule has 0 radical (unpaired) electrons. The first-order valence-electron chi connectivity index (χ1n) is 7.02. The fourth-order valence-corrected chi connectivity index (χ4v) is 3.84. The summed E-state index contributed by atoms with van der Waals surface area (Å²) >= 11 is 0. The number of aromatic amines is 1. The summed E-state index contributed by atoms with van der Waals surface area (Å²) in [7, 11) is 0. The highest BCUT2D eigenvalue weighted by atomic mass is 16.2. The lowest BCUT2D eigenvalue weighted by molar-refractivity contribution is -0.131. The van der Waals surface area contributed by atoms with Crippen LogP contribution in [0.15, 0.2) is 18.2 Å². The number of carbonyl (C=O) groups excluding carboxylic acids is 1. The van der Waals surface area contributed by atoms with Crippen molar-refractivity contribution < 1.29 is 4.79 Å². The van der Waals surface area contributed by atoms with E-state index in [0.717, 1.165) is 19.4 Å². The van der Waals surface area contributed by atoms with Crippen LogP contribution >= 0.6 is 0 Å². The van der Waals surface area contributed by atoms with Crippen molar-refractivity contribution in [2.45, 2.75) is 38.6 Å². The normalized spacial score (nSPS) is 25.8. The number of H-pyrrole nitrogens is 1. The maximum atomic E-state index is 12.0. The summed E-state index contributed by atoms with van der Waals surface area (Å²) in [4.78, 5) is 17.7. The molecule has 1 fully saturated rings. The molecule has 98 valence electrons. The van der Waals surface area contributed by atoms with Crippen molar-refractivity contribution in [3.8, 4) is 0 Å². The molecule has 0 saturated carbocycles. The monoisotopic (exact) mass is 254 g/mol. The first-order chi connectivity index (χ1) is 9.09. The zero-order valence-corrected chi connectivity index (χ0v) is 11.4. The van der Waals surface area contributed by atoms with Gasteiger partial charge in [0.2, 0.25) is 5.91 Å². The number of hydrogen-bond acceptors (Lipinski definition) is 1. The molecule has 1 atom stereocenters. The molecule has 4 rings (SSSR count). The Balaban J connectivity index is 1.99. The van der Waals surface area contributed by atoms with E-state index < -0.39 is 0 Å². The van der Waals surface area contributed by atoms with Crippen molar-refractivity contribution >= 4 is 16.8 Å². The predicted octanol–water partition coefficient (Wildman–Crippen LogP) is 2.87. The molecule has 19 heavy (non-hydrogen) atoms. The Morgan fingerprint density at radius 2 is 2.16 bits per heavy atom. The van der Waals surface area contributed by atoms with Gasteiger partial charge in [-0.1, -0.05) is 12.1 Å². The number of benzene rings is 1. The van der Waals surface area contributed by atoms with Crippen LogP contribution in [0.5, 0.6) is 0 Å². The van der Waals surface area contributed by atoms with Crippen LogP contribution in [0.3, 0.4) is 0 Å². The van der Waals surface area contributed by atoms with Gasteiger partial charge in [-0.25, -0.2) is 0 Å². The third-order valence-corrected chi connectivity index (χ3v) is 4.91. The molecule has 1 amide bonds. The summed E-state index contributed by atoms with van der Waals surface area (Å²) < 4.78 is 0. The maximum absolute atomic E-state index is 12.0. The second kappa shape index (κ2) is 3.41. The van der Waals surface area contributed by atoms with E-state index in [-0.39, 0.29) is 5.54 Å². The number of rotatable bonds is 0. The molecule has 3 heteroatoms. The first kappa shape index (κ1) is 11.1. The number of fused-ring (bicyclic) bond motifs is 5. The molecular formula is C16H18N2O. The summed E-state index contributed by atoms with van der Waals surface area (Å²) in [5, 5.41) is 1.33. The van der Waals surface area contributed by atoms with Gasteiger partial charge in [0.1, 0.15) is 0 Å². The molecule has 1 N–H and O–H groups in total. The van der Waals surface area contributed by atoms with E-state index in [9.17, 15) is 4.79 Å². The molecule has 1 saturated heterocycles. The van der Waals surface area contributed by atoms with Crippen molar-refractivity contribution in [1.82, 2.24) is 9.88 Å². The standard InChI is InChI=1S/C16H18N2O/c1-10-3-4-11-12-6-8-18-14(19)5-7-16(18,2)15(12)17-13(11)9-10/h3-4,9,17H,5-8H2,1-2H3/t16-/m1/s1. The zero-order chi connectivity index (χ0) is 13.2. The molecule has 1 aromatic heterocycles. The number of aryl methyl sites for hydroxylation is 1. The lowest BCUT2D eigenvalue weighted by Gasteiger charge is -2.39.